The Hall–Kier alpha value is -0.660. The molecule has 0 spiro atoms. The van der Waals surface area contributed by atoms with Crippen LogP contribution < -0.4 is 10.0 Å². The summed E-state index contributed by atoms with van der Waals surface area (Å²) >= 11 is 0. The lowest BCUT2D eigenvalue weighted by molar-refractivity contribution is -0.134. The Morgan fingerprint density at radius 1 is 1.44 bits per heavy atom. The first kappa shape index (κ1) is 13.4. The molecule has 0 radical (unpaired) electrons. The van der Waals surface area contributed by atoms with Crippen LogP contribution in [0.1, 0.15) is 19.8 Å². The van der Waals surface area contributed by atoms with Crippen molar-refractivity contribution in [1.29, 1.82) is 0 Å². The summed E-state index contributed by atoms with van der Waals surface area (Å²) in [5.74, 6) is -2.19. The SMILES string of the molecule is CC1(CNS(=O)(=O)CC(=O)O)CCNCC1. The molecule has 0 aliphatic carbocycles. The van der Waals surface area contributed by atoms with E-state index in [2.05, 4.69) is 10.0 Å². The van der Waals surface area contributed by atoms with E-state index in [-0.39, 0.29) is 5.41 Å². The number of aliphatic carboxylic acids is 1. The van der Waals surface area contributed by atoms with E-state index in [4.69, 9.17) is 5.11 Å². The smallest absolute Gasteiger partial charge is 0.320 e. The molecule has 1 heterocycles. The van der Waals surface area contributed by atoms with E-state index in [9.17, 15) is 13.2 Å². The van der Waals surface area contributed by atoms with Gasteiger partial charge in [-0.3, -0.25) is 4.79 Å². The second kappa shape index (κ2) is 5.11. The van der Waals surface area contributed by atoms with Crippen molar-refractivity contribution in [3.63, 3.8) is 0 Å². The molecule has 6 nitrogen and oxygen atoms in total. The highest BCUT2D eigenvalue weighted by molar-refractivity contribution is 7.90. The molecule has 16 heavy (non-hydrogen) atoms. The first-order valence-electron chi connectivity index (χ1n) is 5.23. The van der Waals surface area contributed by atoms with Crippen LogP contribution in [0.3, 0.4) is 0 Å². The lowest BCUT2D eigenvalue weighted by Crippen LogP contribution is -2.43. The maximum atomic E-state index is 11.3. The average molecular weight is 250 g/mol. The highest BCUT2D eigenvalue weighted by atomic mass is 32.2. The molecule has 0 amide bonds. The number of carboxylic acids is 1. The van der Waals surface area contributed by atoms with Gasteiger partial charge in [-0.05, 0) is 31.3 Å². The summed E-state index contributed by atoms with van der Waals surface area (Å²) < 4.78 is 25.0. The minimum Gasteiger partial charge on any atom is -0.480 e. The largest absolute Gasteiger partial charge is 0.480 e. The Labute approximate surface area is 95.5 Å². The first-order valence-corrected chi connectivity index (χ1v) is 6.88. The second-order valence-corrected chi connectivity index (χ2v) is 6.34. The van der Waals surface area contributed by atoms with Gasteiger partial charge in [0, 0.05) is 6.54 Å². The number of piperidine rings is 1. The fraction of sp³-hybridized carbons (Fsp3) is 0.889. The molecule has 0 unspecified atom stereocenters. The Balaban J connectivity index is 2.46. The van der Waals surface area contributed by atoms with Gasteiger partial charge in [-0.25, -0.2) is 13.1 Å². The summed E-state index contributed by atoms with van der Waals surface area (Å²) in [4.78, 5) is 10.3. The normalized spacial score (nSPS) is 20.6. The van der Waals surface area contributed by atoms with Gasteiger partial charge in [0.1, 0.15) is 0 Å². The number of carbonyl (C=O) groups is 1. The summed E-state index contributed by atoms with van der Waals surface area (Å²) in [5.41, 5.74) is -0.0726. The van der Waals surface area contributed by atoms with E-state index in [0.29, 0.717) is 6.54 Å². The van der Waals surface area contributed by atoms with Crippen molar-refractivity contribution in [2.75, 3.05) is 25.4 Å². The van der Waals surface area contributed by atoms with E-state index in [1.807, 2.05) is 6.92 Å². The van der Waals surface area contributed by atoms with E-state index in [1.54, 1.807) is 0 Å². The van der Waals surface area contributed by atoms with Crippen LogP contribution >= 0.6 is 0 Å². The van der Waals surface area contributed by atoms with Gasteiger partial charge in [-0.2, -0.15) is 0 Å². The zero-order chi connectivity index (χ0) is 12.2. The minimum atomic E-state index is -3.69. The zero-order valence-electron chi connectivity index (χ0n) is 9.32. The summed E-state index contributed by atoms with van der Waals surface area (Å²) in [6.07, 6.45) is 1.78. The number of carboxylic acid groups (broad SMARTS) is 1. The molecule has 0 aromatic rings. The molecule has 1 aliphatic heterocycles. The Morgan fingerprint density at radius 3 is 2.50 bits per heavy atom. The molecule has 7 heteroatoms. The standard InChI is InChI=1S/C9H18N2O4S/c1-9(2-4-10-5-3-9)7-11-16(14,15)6-8(12)13/h10-11H,2-7H2,1H3,(H,12,13). The van der Waals surface area contributed by atoms with E-state index < -0.39 is 21.7 Å². The maximum absolute atomic E-state index is 11.3. The third-order valence-corrected chi connectivity index (χ3v) is 4.05. The minimum absolute atomic E-state index is 0.0726. The average Bonchev–Trinajstić information content (AvgIpc) is 2.15. The van der Waals surface area contributed by atoms with Gasteiger partial charge in [-0.15, -0.1) is 0 Å². The monoisotopic (exact) mass is 250 g/mol. The van der Waals surface area contributed by atoms with Gasteiger partial charge >= 0.3 is 5.97 Å². The number of sulfonamides is 1. The van der Waals surface area contributed by atoms with Gasteiger partial charge in [0.2, 0.25) is 10.0 Å². The Bertz CT molecular complexity index is 347. The predicted octanol–water partition coefficient (Wildman–Crippen LogP) is -0.620. The van der Waals surface area contributed by atoms with Gasteiger partial charge < -0.3 is 10.4 Å². The maximum Gasteiger partial charge on any atom is 0.320 e. The van der Waals surface area contributed by atoms with Crippen molar-refractivity contribution < 1.29 is 18.3 Å². The summed E-state index contributed by atoms with van der Waals surface area (Å²) in [6.45, 7) is 4.07. The van der Waals surface area contributed by atoms with Gasteiger partial charge in [0.25, 0.3) is 0 Å². The molecule has 0 aromatic heterocycles. The molecule has 0 aromatic carbocycles. The van der Waals surface area contributed by atoms with Crippen LogP contribution in [0.15, 0.2) is 0 Å². The van der Waals surface area contributed by atoms with Crippen molar-refractivity contribution in [1.82, 2.24) is 10.0 Å². The van der Waals surface area contributed by atoms with Crippen LogP contribution in [-0.2, 0) is 14.8 Å². The summed E-state index contributed by atoms with van der Waals surface area (Å²) in [6, 6.07) is 0. The van der Waals surface area contributed by atoms with Gasteiger partial charge in [0.05, 0.1) is 0 Å². The van der Waals surface area contributed by atoms with Crippen LogP contribution in [-0.4, -0.2) is 44.9 Å². The van der Waals surface area contributed by atoms with E-state index in [1.165, 1.54) is 0 Å². The number of hydrogen-bond donors (Lipinski definition) is 3. The van der Waals surface area contributed by atoms with Crippen molar-refractivity contribution >= 4 is 16.0 Å². The predicted molar refractivity (Wildman–Crippen MR) is 59.6 cm³/mol. The van der Waals surface area contributed by atoms with E-state index >= 15 is 0 Å². The summed E-state index contributed by atoms with van der Waals surface area (Å²) in [5, 5.41) is 11.6. The third-order valence-electron chi connectivity index (χ3n) is 2.84. The lowest BCUT2D eigenvalue weighted by Gasteiger charge is -2.33. The van der Waals surface area contributed by atoms with E-state index in [0.717, 1.165) is 25.9 Å². The van der Waals surface area contributed by atoms with Crippen molar-refractivity contribution in [3.8, 4) is 0 Å². The van der Waals surface area contributed by atoms with Crippen molar-refractivity contribution in [3.05, 3.63) is 0 Å². The second-order valence-electron chi connectivity index (χ2n) is 4.53. The molecule has 0 bridgehead atoms. The quantitative estimate of drug-likeness (QED) is 0.604. The van der Waals surface area contributed by atoms with Crippen molar-refractivity contribution in [2.24, 2.45) is 5.41 Å². The molecular formula is C9H18N2O4S. The molecule has 1 aliphatic rings. The topological polar surface area (TPSA) is 95.5 Å². The van der Waals surface area contributed by atoms with Crippen LogP contribution in [0.5, 0.6) is 0 Å². The van der Waals surface area contributed by atoms with Crippen LogP contribution in [0.2, 0.25) is 0 Å². The van der Waals surface area contributed by atoms with Crippen molar-refractivity contribution in [2.45, 2.75) is 19.8 Å². The van der Waals surface area contributed by atoms with Gasteiger partial charge in [0.15, 0.2) is 5.75 Å². The first-order chi connectivity index (χ1) is 7.33. The van der Waals surface area contributed by atoms with Crippen LogP contribution in [0.4, 0.5) is 0 Å². The zero-order valence-corrected chi connectivity index (χ0v) is 10.1. The van der Waals surface area contributed by atoms with Crippen LogP contribution in [0.25, 0.3) is 0 Å². The third kappa shape index (κ3) is 4.46. The fourth-order valence-corrected chi connectivity index (χ4v) is 2.70. The number of rotatable bonds is 5. The molecular weight excluding hydrogens is 232 g/mol. The molecule has 1 rings (SSSR count). The van der Waals surface area contributed by atoms with Gasteiger partial charge in [-0.1, -0.05) is 6.92 Å². The Kier molecular flexibility index (Phi) is 4.28. The highest BCUT2D eigenvalue weighted by Crippen LogP contribution is 2.26. The lowest BCUT2D eigenvalue weighted by atomic mass is 9.81. The van der Waals surface area contributed by atoms with Crippen LogP contribution in [0, 0.1) is 5.41 Å². The molecule has 94 valence electrons. The highest BCUT2D eigenvalue weighted by Gasteiger charge is 2.28. The summed E-state index contributed by atoms with van der Waals surface area (Å²) in [7, 11) is -3.69. The molecule has 3 N–H and O–H groups in total. The fourth-order valence-electron chi connectivity index (χ4n) is 1.70. The number of hydrogen-bond acceptors (Lipinski definition) is 4. The molecule has 0 atom stereocenters. The molecule has 1 fully saturated rings. The number of nitrogens with one attached hydrogen (secondary N) is 2. The molecule has 1 saturated heterocycles. The Morgan fingerprint density at radius 2 is 2.00 bits per heavy atom. The molecule has 0 saturated carbocycles.